The van der Waals surface area contributed by atoms with Gasteiger partial charge >= 0.3 is 0 Å². The van der Waals surface area contributed by atoms with E-state index in [0.29, 0.717) is 17.6 Å². The first-order valence-corrected chi connectivity index (χ1v) is 18.1. The predicted molar refractivity (Wildman–Crippen MR) is 217 cm³/mol. The van der Waals surface area contributed by atoms with Gasteiger partial charge in [0.1, 0.15) is 0 Å². The third-order valence-electron chi connectivity index (χ3n) is 11.2. The monoisotopic (exact) mass is 679 g/mol. The Morgan fingerprint density at radius 2 is 0.962 bits per heavy atom. The summed E-state index contributed by atoms with van der Waals surface area (Å²) in [5.41, 5.74) is 12.7. The molecular weight excluding hydrogens is 647 g/mol. The second kappa shape index (κ2) is 11.1. The van der Waals surface area contributed by atoms with Crippen LogP contribution in [0.5, 0.6) is 0 Å². The topological polar surface area (TPSA) is 48.5 Å². The van der Waals surface area contributed by atoms with Crippen LogP contribution in [0.2, 0.25) is 0 Å². The molecule has 0 aliphatic heterocycles. The summed E-state index contributed by atoms with van der Waals surface area (Å²) in [7, 11) is 0. The number of hydrogen-bond donors (Lipinski definition) is 0. The summed E-state index contributed by atoms with van der Waals surface area (Å²) >= 11 is 0. The van der Waals surface area contributed by atoms with Crippen molar-refractivity contribution in [2.75, 3.05) is 0 Å². The van der Waals surface area contributed by atoms with Crippen LogP contribution in [-0.2, 0) is 5.41 Å². The van der Waals surface area contributed by atoms with Crippen molar-refractivity contribution in [3.63, 3.8) is 0 Å². The number of benzene rings is 7. The van der Waals surface area contributed by atoms with Gasteiger partial charge < -0.3 is 4.57 Å². The molecule has 5 heteroatoms. The molecule has 0 bridgehead atoms. The van der Waals surface area contributed by atoms with Crippen LogP contribution in [0.1, 0.15) is 25.0 Å². The standard InChI is InChI=1S/C48H33N5/c1-48(2)39-23-10-6-19-33(39)37-29-44-38(28-40(37)48)36-22-9-11-24-41(36)52(44)32-18-14-17-31(27-32)46-49-45(30-15-4-3-5-16-30)50-47(51-46)53-42-25-12-7-20-34(42)35-21-8-13-26-43(35)53/h3-29H,1-2H3. The molecule has 0 radical (unpaired) electrons. The van der Waals surface area contributed by atoms with Crippen LogP contribution in [0.4, 0.5) is 0 Å². The summed E-state index contributed by atoms with van der Waals surface area (Å²) in [6.45, 7) is 4.69. The van der Waals surface area contributed by atoms with E-state index in [1.54, 1.807) is 0 Å². The molecule has 53 heavy (non-hydrogen) atoms. The Bertz CT molecular complexity index is 3040. The summed E-state index contributed by atoms with van der Waals surface area (Å²) < 4.78 is 4.56. The number of fused-ring (bicyclic) bond motifs is 9. The molecular formula is C48H33N5. The molecule has 0 saturated heterocycles. The summed E-state index contributed by atoms with van der Waals surface area (Å²) in [5, 5.41) is 4.82. The highest BCUT2D eigenvalue weighted by Gasteiger charge is 2.36. The van der Waals surface area contributed by atoms with Crippen LogP contribution in [-0.4, -0.2) is 24.1 Å². The lowest BCUT2D eigenvalue weighted by Gasteiger charge is -2.21. The van der Waals surface area contributed by atoms with Crippen molar-refractivity contribution >= 4 is 43.6 Å². The van der Waals surface area contributed by atoms with Gasteiger partial charge in [0.25, 0.3) is 0 Å². The maximum absolute atomic E-state index is 5.24. The average Bonchev–Trinajstić information content (AvgIpc) is 3.80. The SMILES string of the molecule is CC1(C)c2ccccc2-c2cc3c(cc21)c1ccccc1n3-c1cccc(-c2nc(-c3ccccc3)nc(-n3c4ccccc4c4ccccc43)n2)c1. The van der Waals surface area contributed by atoms with E-state index in [-0.39, 0.29) is 5.41 Å². The highest BCUT2D eigenvalue weighted by molar-refractivity contribution is 6.12. The normalized spacial score (nSPS) is 13.2. The highest BCUT2D eigenvalue weighted by atomic mass is 15.2. The first-order chi connectivity index (χ1) is 26.0. The summed E-state index contributed by atoms with van der Waals surface area (Å²) in [6, 6.07) is 58.2. The third kappa shape index (κ3) is 4.34. The van der Waals surface area contributed by atoms with E-state index in [0.717, 1.165) is 38.6 Å². The van der Waals surface area contributed by atoms with E-state index in [2.05, 4.69) is 169 Å². The zero-order valence-corrected chi connectivity index (χ0v) is 29.3. The number of hydrogen-bond acceptors (Lipinski definition) is 3. The molecule has 0 N–H and O–H groups in total. The molecule has 0 unspecified atom stereocenters. The Hall–Kier alpha value is -6.85. The second-order valence-corrected chi connectivity index (χ2v) is 14.5. The maximum atomic E-state index is 5.24. The Balaban J connectivity index is 1.15. The molecule has 1 aliphatic rings. The van der Waals surface area contributed by atoms with E-state index < -0.39 is 0 Å². The third-order valence-corrected chi connectivity index (χ3v) is 11.2. The quantitative estimate of drug-likeness (QED) is 0.186. The van der Waals surface area contributed by atoms with Crippen molar-refractivity contribution in [1.82, 2.24) is 24.1 Å². The minimum absolute atomic E-state index is 0.0769. The van der Waals surface area contributed by atoms with Crippen LogP contribution in [0, 0.1) is 0 Å². The van der Waals surface area contributed by atoms with Gasteiger partial charge in [-0.15, -0.1) is 0 Å². The van der Waals surface area contributed by atoms with Crippen molar-refractivity contribution < 1.29 is 0 Å². The molecule has 0 saturated carbocycles. The van der Waals surface area contributed by atoms with Crippen LogP contribution in [0.15, 0.2) is 164 Å². The molecule has 0 amide bonds. The Morgan fingerprint density at radius 1 is 0.396 bits per heavy atom. The Kier molecular flexibility index (Phi) is 6.23. The molecule has 1 aliphatic carbocycles. The largest absolute Gasteiger partial charge is 0.309 e. The summed E-state index contributed by atoms with van der Waals surface area (Å²) in [6.07, 6.45) is 0. The smallest absolute Gasteiger partial charge is 0.238 e. The van der Waals surface area contributed by atoms with Gasteiger partial charge in [-0.2, -0.15) is 9.97 Å². The summed E-state index contributed by atoms with van der Waals surface area (Å²) in [5.74, 6) is 1.84. The molecule has 250 valence electrons. The molecule has 10 aromatic rings. The number of aromatic nitrogens is 5. The first kappa shape index (κ1) is 29.8. The fourth-order valence-electron chi connectivity index (χ4n) is 8.67. The minimum Gasteiger partial charge on any atom is -0.309 e. The minimum atomic E-state index is -0.0769. The van der Waals surface area contributed by atoms with Gasteiger partial charge in [0.15, 0.2) is 11.6 Å². The van der Waals surface area contributed by atoms with Gasteiger partial charge in [-0.25, -0.2) is 4.98 Å². The molecule has 3 aromatic heterocycles. The molecule has 3 heterocycles. The van der Waals surface area contributed by atoms with Crippen LogP contribution in [0.25, 0.3) is 89.2 Å². The fourth-order valence-corrected chi connectivity index (χ4v) is 8.67. The zero-order valence-electron chi connectivity index (χ0n) is 29.3. The van der Waals surface area contributed by atoms with Gasteiger partial charge in [-0.05, 0) is 64.7 Å². The maximum Gasteiger partial charge on any atom is 0.238 e. The van der Waals surface area contributed by atoms with Gasteiger partial charge in [-0.3, -0.25) is 4.57 Å². The average molecular weight is 680 g/mol. The van der Waals surface area contributed by atoms with Crippen LogP contribution < -0.4 is 0 Å². The van der Waals surface area contributed by atoms with E-state index in [1.165, 1.54) is 44.1 Å². The van der Waals surface area contributed by atoms with Gasteiger partial charge in [0, 0.05) is 43.8 Å². The van der Waals surface area contributed by atoms with E-state index in [4.69, 9.17) is 15.0 Å². The fraction of sp³-hybridized carbons (Fsp3) is 0.0625. The van der Waals surface area contributed by atoms with Crippen molar-refractivity contribution in [3.05, 3.63) is 175 Å². The van der Waals surface area contributed by atoms with Gasteiger partial charge in [0.05, 0.1) is 22.1 Å². The van der Waals surface area contributed by atoms with Crippen molar-refractivity contribution in [3.8, 4) is 45.5 Å². The van der Waals surface area contributed by atoms with Gasteiger partial charge in [-0.1, -0.05) is 135 Å². The Labute approximate surface area is 306 Å². The van der Waals surface area contributed by atoms with Crippen molar-refractivity contribution in [2.45, 2.75) is 19.3 Å². The van der Waals surface area contributed by atoms with E-state index in [9.17, 15) is 0 Å². The molecule has 0 spiro atoms. The molecule has 0 atom stereocenters. The highest BCUT2D eigenvalue weighted by Crippen LogP contribution is 2.51. The lowest BCUT2D eigenvalue weighted by molar-refractivity contribution is 0.661. The molecule has 0 fully saturated rings. The van der Waals surface area contributed by atoms with Crippen LogP contribution in [0.3, 0.4) is 0 Å². The zero-order chi connectivity index (χ0) is 35.3. The number of para-hydroxylation sites is 3. The van der Waals surface area contributed by atoms with E-state index >= 15 is 0 Å². The molecule has 5 nitrogen and oxygen atoms in total. The first-order valence-electron chi connectivity index (χ1n) is 18.1. The molecule has 7 aromatic carbocycles. The van der Waals surface area contributed by atoms with Crippen molar-refractivity contribution in [1.29, 1.82) is 0 Å². The second-order valence-electron chi connectivity index (χ2n) is 14.5. The lowest BCUT2D eigenvalue weighted by atomic mass is 9.82. The summed E-state index contributed by atoms with van der Waals surface area (Å²) in [4.78, 5) is 15.5. The molecule has 11 rings (SSSR count). The predicted octanol–water partition coefficient (Wildman–Crippen LogP) is 11.7. The van der Waals surface area contributed by atoms with E-state index in [1.807, 2.05) is 18.2 Å². The Morgan fingerprint density at radius 3 is 1.68 bits per heavy atom. The number of rotatable bonds is 4. The number of nitrogens with zero attached hydrogens (tertiary/aromatic N) is 5. The lowest BCUT2D eigenvalue weighted by Crippen LogP contribution is -2.14. The van der Waals surface area contributed by atoms with Gasteiger partial charge in [0.2, 0.25) is 5.95 Å². The van der Waals surface area contributed by atoms with Crippen molar-refractivity contribution in [2.24, 2.45) is 0 Å². The van der Waals surface area contributed by atoms with Crippen LogP contribution >= 0.6 is 0 Å².